The van der Waals surface area contributed by atoms with E-state index in [9.17, 15) is 9.59 Å². The highest BCUT2D eigenvalue weighted by Gasteiger charge is 2.19. The molecule has 1 aliphatic rings. The van der Waals surface area contributed by atoms with Crippen molar-refractivity contribution in [3.8, 4) is 0 Å². The minimum Gasteiger partial charge on any atom is -0.452 e. The van der Waals surface area contributed by atoms with Crippen molar-refractivity contribution in [1.29, 1.82) is 0 Å². The Bertz CT molecular complexity index is 549. The van der Waals surface area contributed by atoms with Gasteiger partial charge in [0.15, 0.2) is 6.61 Å². The molecule has 0 fully saturated rings. The highest BCUT2D eigenvalue weighted by molar-refractivity contribution is 5.91. The van der Waals surface area contributed by atoms with Crippen molar-refractivity contribution >= 4 is 11.9 Å². The van der Waals surface area contributed by atoms with Crippen LogP contribution in [-0.4, -0.2) is 24.0 Å². The molecule has 1 aliphatic carbocycles. The molecule has 0 saturated carbocycles. The third-order valence-electron chi connectivity index (χ3n) is 4.03. The van der Waals surface area contributed by atoms with Gasteiger partial charge in [-0.3, -0.25) is 4.79 Å². The van der Waals surface area contributed by atoms with Crippen LogP contribution in [0.15, 0.2) is 18.2 Å². The number of nitrogens with one attached hydrogen (secondary N) is 1. The summed E-state index contributed by atoms with van der Waals surface area (Å²) < 4.78 is 5.09. The molecule has 0 unspecified atom stereocenters. The van der Waals surface area contributed by atoms with Crippen LogP contribution in [0.1, 0.15) is 55.1 Å². The van der Waals surface area contributed by atoms with Gasteiger partial charge in [0.25, 0.3) is 5.91 Å². The third kappa shape index (κ3) is 4.06. The van der Waals surface area contributed by atoms with E-state index in [0.29, 0.717) is 5.56 Å². The lowest BCUT2D eigenvalue weighted by atomic mass is 10.0. The molecule has 1 N–H and O–H groups in total. The van der Waals surface area contributed by atoms with Crippen LogP contribution < -0.4 is 5.32 Å². The first-order valence-electron chi connectivity index (χ1n) is 7.51. The van der Waals surface area contributed by atoms with Crippen molar-refractivity contribution in [2.45, 2.75) is 52.0 Å². The van der Waals surface area contributed by atoms with Crippen LogP contribution >= 0.6 is 0 Å². The summed E-state index contributed by atoms with van der Waals surface area (Å²) in [6, 6.07) is 5.65. The van der Waals surface area contributed by atoms with Crippen molar-refractivity contribution < 1.29 is 14.3 Å². The molecule has 2 rings (SSSR count). The van der Waals surface area contributed by atoms with Gasteiger partial charge < -0.3 is 10.1 Å². The van der Waals surface area contributed by atoms with E-state index in [2.05, 4.69) is 5.32 Å². The van der Waals surface area contributed by atoms with E-state index in [1.165, 1.54) is 11.1 Å². The zero-order chi connectivity index (χ0) is 15.5. The van der Waals surface area contributed by atoms with E-state index >= 15 is 0 Å². The van der Waals surface area contributed by atoms with Crippen LogP contribution in [0.25, 0.3) is 0 Å². The van der Waals surface area contributed by atoms with Gasteiger partial charge in [0.05, 0.1) is 5.56 Å². The van der Waals surface area contributed by atoms with E-state index in [-0.39, 0.29) is 18.1 Å². The highest BCUT2D eigenvalue weighted by Crippen LogP contribution is 2.23. The van der Waals surface area contributed by atoms with Crippen molar-refractivity contribution in [3.63, 3.8) is 0 Å². The Balaban J connectivity index is 1.89. The van der Waals surface area contributed by atoms with Crippen LogP contribution in [0, 0.1) is 0 Å². The fraction of sp³-hybridized carbons (Fsp3) is 0.529. The Morgan fingerprint density at radius 2 is 1.95 bits per heavy atom. The molecular formula is C17H23NO3. The topological polar surface area (TPSA) is 55.4 Å². The molecule has 21 heavy (non-hydrogen) atoms. The van der Waals surface area contributed by atoms with E-state index in [1.807, 2.05) is 32.9 Å². The molecule has 0 radical (unpaired) electrons. The summed E-state index contributed by atoms with van der Waals surface area (Å²) in [5, 5.41) is 2.84. The monoisotopic (exact) mass is 289 g/mol. The summed E-state index contributed by atoms with van der Waals surface area (Å²) in [7, 11) is 0. The smallest absolute Gasteiger partial charge is 0.338 e. The van der Waals surface area contributed by atoms with Gasteiger partial charge in [-0.15, -0.1) is 0 Å². The normalized spacial score (nSPS) is 13.7. The second kappa shape index (κ2) is 6.29. The van der Waals surface area contributed by atoms with Crippen molar-refractivity contribution in [2.75, 3.05) is 6.61 Å². The number of hydrogen-bond acceptors (Lipinski definition) is 3. The average Bonchev–Trinajstić information content (AvgIpc) is 2.91. The van der Waals surface area contributed by atoms with Crippen LogP contribution in [0.5, 0.6) is 0 Å². The molecule has 0 saturated heterocycles. The molecule has 0 aromatic heterocycles. The standard InChI is InChI=1S/C17H23NO3/c1-4-17(2,3)18-15(19)11-21-16(20)14-9-8-12-6-5-7-13(12)10-14/h8-10H,4-7,11H2,1-3H3,(H,18,19). The Kier molecular flexibility index (Phi) is 4.66. The predicted molar refractivity (Wildman–Crippen MR) is 81.3 cm³/mol. The minimum absolute atomic E-state index is 0.237. The maximum Gasteiger partial charge on any atom is 0.338 e. The fourth-order valence-corrected chi connectivity index (χ4v) is 2.42. The first kappa shape index (κ1) is 15.5. The van der Waals surface area contributed by atoms with Gasteiger partial charge in [0.2, 0.25) is 0 Å². The van der Waals surface area contributed by atoms with Crippen molar-refractivity contribution in [3.05, 3.63) is 34.9 Å². The lowest BCUT2D eigenvalue weighted by molar-refractivity contribution is -0.125. The maximum atomic E-state index is 12.0. The van der Waals surface area contributed by atoms with Gasteiger partial charge in [0.1, 0.15) is 0 Å². The van der Waals surface area contributed by atoms with Crippen LogP contribution in [0.4, 0.5) is 0 Å². The Morgan fingerprint density at radius 3 is 2.67 bits per heavy atom. The molecule has 1 aromatic carbocycles. The number of carbonyl (C=O) groups is 2. The largest absolute Gasteiger partial charge is 0.452 e. The van der Waals surface area contributed by atoms with Crippen LogP contribution in [0.3, 0.4) is 0 Å². The predicted octanol–water partition coefficient (Wildman–Crippen LogP) is 2.64. The Labute approximate surface area is 125 Å². The van der Waals surface area contributed by atoms with Gasteiger partial charge in [0, 0.05) is 5.54 Å². The molecule has 0 heterocycles. The maximum absolute atomic E-state index is 12.0. The van der Waals surface area contributed by atoms with E-state index in [1.54, 1.807) is 6.07 Å². The molecule has 114 valence electrons. The average molecular weight is 289 g/mol. The van der Waals surface area contributed by atoms with E-state index in [0.717, 1.165) is 25.7 Å². The molecular weight excluding hydrogens is 266 g/mol. The summed E-state index contributed by atoms with van der Waals surface area (Å²) in [5.74, 6) is -0.703. The fourth-order valence-electron chi connectivity index (χ4n) is 2.42. The number of carbonyl (C=O) groups excluding carboxylic acids is 2. The van der Waals surface area contributed by atoms with Gasteiger partial charge in [-0.1, -0.05) is 13.0 Å². The number of fused-ring (bicyclic) bond motifs is 1. The van der Waals surface area contributed by atoms with Crippen molar-refractivity contribution in [1.82, 2.24) is 5.32 Å². The molecule has 0 bridgehead atoms. The van der Waals surface area contributed by atoms with Crippen LogP contribution in [-0.2, 0) is 22.4 Å². The summed E-state index contributed by atoms with van der Waals surface area (Å²) in [6.45, 7) is 5.64. The molecule has 4 heteroatoms. The van der Waals surface area contributed by atoms with Gasteiger partial charge in [-0.25, -0.2) is 4.79 Å². The number of benzene rings is 1. The number of ether oxygens (including phenoxy) is 1. The Morgan fingerprint density at radius 1 is 1.24 bits per heavy atom. The van der Waals surface area contributed by atoms with Gasteiger partial charge in [-0.05, 0) is 62.8 Å². The van der Waals surface area contributed by atoms with Gasteiger partial charge in [-0.2, -0.15) is 0 Å². The summed E-state index contributed by atoms with van der Waals surface area (Å²) in [6.07, 6.45) is 4.06. The Hall–Kier alpha value is -1.84. The molecule has 1 amide bonds. The molecule has 1 aromatic rings. The third-order valence-corrected chi connectivity index (χ3v) is 4.03. The minimum atomic E-state index is -0.436. The first-order chi connectivity index (χ1) is 9.91. The SMILES string of the molecule is CCC(C)(C)NC(=O)COC(=O)c1ccc2c(c1)CCC2. The summed E-state index contributed by atoms with van der Waals surface area (Å²) >= 11 is 0. The molecule has 0 spiro atoms. The summed E-state index contributed by atoms with van der Waals surface area (Å²) in [4.78, 5) is 23.7. The lowest BCUT2D eigenvalue weighted by Gasteiger charge is -2.24. The zero-order valence-electron chi connectivity index (χ0n) is 13.0. The summed E-state index contributed by atoms with van der Waals surface area (Å²) in [5.41, 5.74) is 2.78. The number of hydrogen-bond donors (Lipinski definition) is 1. The number of esters is 1. The molecule has 0 atom stereocenters. The zero-order valence-corrected chi connectivity index (χ0v) is 13.0. The second-order valence-corrected chi connectivity index (χ2v) is 6.20. The molecule has 4 nitrogen and oxygen atoms in total. The van der Waals surface area contributed by atoms with Crippen LogP contribution in [0.2, 0.25) is 0 Å². The number of aryl methyl sites for hydroxylation is 2. The number of amides is 1. The first-order valence-corrected chi connectivity index (χ1v) is 7.51. The van der Waals surface area contributed by atoms with Crippen molar-refractivity contribution in [2.24, 2.45) is 0 Å². The second-order valence-electron chi connectivity index (χ2n) is 6.20. The highest BCUT2D eigenvalue weighted by atomic mass is 16.5. The van der Waals surface area contributed by atoms with E-state index in [4.69, 9.17) is 4.74 Å². The number of rotatable bonds is 5. The van der Waals surface area contributed by atoms with E-state index < -0.39 is 5.97 Å². The quantitative estimate of drug-likeness (QED) is 0.848. The lowest BCUT2D eigenvalue weighted by Crippen LogP contribution is -2.44. The van der Waals surface area contributed by atoms with Gasteiger partial charge >= 0.3 is 5.97 Å². The molecule has 0 aliphatic heterocycles.